The van der Waals surface area contributed by atoms with Crippen molar-refractivity contribution in [2.24, 2.45) is 0 Å². The minimum absolute atomic E-state index is 0.191. The Kier molecular flexibility index (Phi) is 3.27. The van der Waals surface area contributed by atoms with E-state index in [1.807, 2.05) is 6.07 Å². The highest BCUT2D eigenvalue weighted by Crippen LogP contribution is 2.42. The predicted molar refractivity (Wildman–Crippen MR) is 77.2 cm³/mol. The molecule has 0 aromatic heterocycles. The maximum atomic E-state index is 5.89. The van der Waals surface area contributed by atoms with Crippen molar-refractivity contribution in [2.45, 2.75) is 38.5 Å². The van der Waals surface area contributed by atoms with Gasteiger partial charge in [0.25, 0.3) is 0 Å². The zero-order chi connectivity index (χ0) is 13.4. The van der Waals surface area contributed by atoms with Crippen LogP contribution in [0.2, 0.25) is 0 Å². The number of nitrogens with zero attached hydrogens (tertiary/aromatic N) is 1. The van der Waals surface area contributed by atoms with Crippen molar-refractivity contribution in [1.82, 2.24) is 0 Å². The molecule has 3 rings (SSSR count). The van der Waals surface area contributed by atoms with E-state index in [-0.39, 0.29) is 6.10 Å². The summed E-state index contributed by atoms with van der Waals surface area (Å²) in [7, 11) is 1.80. The largest absolute Gasteiger partial charge is 0.489 e. The van der Waals surface area contributed by atoms with E-state index in [0.29, 0.717) is 12.1 Å². The zero-order valence-electron chi connectivity index (χ0n) is 11.8. The molecule has 2 atom stereocenters. The fourth-order valence-electron chi connectivity index (χ4n) is 3.04. The lowest BCUT2D eigenvalue weighted by Crippen LogP contribution is -2.39. The number of hydrogen-bond acceptors (Lipinski definition) is 4. The molecule has 0 amide bonds. The quantitative estimate of drug-likeness (QED) is 0.907. The second-order valence-corrected chi connectivity index (χ2v) is 5.60. The highest BCUT2D eigenvalue weighted by atomic mass is 16.5. The maximum Gasteiger partial charge on any atom is 0.144 e. The van der Waals surface area contributed by atoms with Crippen LogP contribution in [0.25, 0.3) is 0 Å². The van der Waals surface area contributed by atoms with E-state index < -0.39 is 0 Å². The van der Waals surface area contributed by atoms with Crippen LogP contribution in [0.5, 0.6) is 5.75 Å². The summed E-state index contributed by atoms with van der Waals surface area (Å²) in [4.78, 5) is 2.45. The third kappa shape index (κ3) is 2.25. The molecule has 2 aliphatic rings. The molecule has 4 nitrogen and oxygen atoms in total. The zero-order valence-corrected chi connectivity index (χ0v) is 11.8. The first kappa shape index (κ1) is 12.6. The van der Waals surface area contributed by atoms with Gasteiger partial charge < -0.3 is 19.7 Å². The van der Waals surface area contributed by atoms with Crippen molar-refractivity contribution in [1.29, 1.82) is 0 Å². The molecule has 1 fully saturated rings. The topological polar surface area (TPSA) is 33.7 Å². The van der Waals surface area contributed by atoms with Gasteiger partial charge in [0.05, 0.1) is 17.9 Å². The monoisotopic (exact) mass is 262 g/mol. The number of ether oxygens (including phenoxy) is 2. The van der Waals surface area contributed by atoms with Crippen LogP contribution in [-0.2, 0) is 4.74 Å². The van der Waals surface area contributed by atoms with Crippen molar-refractivity contribution >= 4 is 11.4 Å². The third-order valence-electron chi connectivity index (χ3n) is 3.90. The average Bonchev–Trinajstić information content (AvgIpc) is 2.81. The molecule has 2 unspecified atom stereocenters. The van der Waals surface area contributed by atoms with Crippen molar-refractivity contribution in [2.75, 3.05) is 30.4 Å². The molecule has 1 N–H and O–H groups in total. The normalized spacial score (nSPS) is 24.9. The summed E-state index contributed by atoms with van der Waals surface area (Å²) in [5.74, 6) is 0.951. The number of para-hydroxylation sites is 1. The summed E-state index contributed by atoms with van der Waals surface area (Å²) in [5.41, 5.74) is 2.37. The number of hydrogen-bond donors (Lipinski definition) is 1. The minimum atomic E-state index is 0.191. The van der Waals surface area contributed by atoms with Crippen LogP contribution in [0.1, 0.15) is 20.3 Å². The lowest BCUT2D eigenvalue weighted by atomic mass is 10.1. The summed E-state index contributed by atoms with van der Waals surface area (Å²) in [6.45, 7) is 6.05. The Hall–Kier alpha value is -1.42. The Labute approximate surface area is 114 Å². The van der Waals surface area contributed by atoms with Gasteiger partial charge in [-0.2, -0.15) is 0 Å². The molecule has 0 bridgehead atoms. The molecule has 19 heavy (non-hydrogen) atoms. The van der Waals surface area contributed by atoms with Gasteiger partial charge in [0.2, 0.25) is 0 Å². The van der Waals surface area contributed by atoms with E-state index in [1.54, 1.807) is 7.11 Å². The summed E-state index contributed by atoms with van der Waals surface area (Å²) in [5, 5.41) is 3.53. The minimum Gasteiger partial charge on any atom is -0.489 e. The molecule has 2 aliphatic heterocycles. The summed E-state index contributed by atoms with van der Waals surface area (Å²) >= 11 is 0. The van der Waals surface area contributed by atoms with Crippen LogP contribution in [0.4, 0.5) is 11.4 Å². The van der Waals surface area contributed by atoms with Crippen LogP contribution in [0.15, 0.2) is 18.2 Å². The Morgan fingerprint density at radius 1 is 1.37 bits per heavy atom. The molecule has 2 heterocycles. The van der Waals surface area contributed by atoms with Gasteiger partial charge in [-0.3, -0.25) is 0 Å². The van der Waals surface area contributed by atoms with Crippen LogP contribution < -0.4 is 15.0 Å². The Bertz CT molecular complexity index is 461. The Morgan fingerprint density at radius 3 is 2.95 bits per heavy atom. The molecule has 0 radical (unpaired) electrons. The fraction of sp³-hybridized carbons (Fsp3) is 0.600. The van der Waals surface area contributed by atoms with Crippen molar-refractivity contribution in [3.63, 3.8) is 0 Å². The van der Waals surface area contributed by atoms with Gasteiger partial charge in [0, 0.05) is 26.2 Å². The number of rotatable bonds is 3. The summed E-state index contributed by atoms with van der Waals surface area (Å²) < 4.78 is 11.4. The van der Waals surface area contributed by atoms with Crippen LogP contribution in [0.3, 0.4) is 0 Å². The molecular formula is C15H22N2O2. The first-order chi connectivity index (χ1) is 9.19. The van der Waals surface area contributed by atoms with Gasteiger partial charge >= 0.3 is 0 Å². The standard InChI is InChI=1S/C15H22N2O2/c1-10(2)19-14-6-4-5-13-15(14)16-8-11-7-12(18-3)9-17(11)13/h4-6,10-12,16H,7-9H2,1-3H3. The summed E-state index contributed by atoms with van der Waals surface area (Å²) in [6.07, 6.45) is 1.63. The number of fused-ring (bicyclic) bond motifs is 3. The molecule has 1 aromatic carbocycles. The highest BCUT2D eigenvalue weighted by Gasteiger charge is 2.36. The highest BCUT2D eigenvalue weighted by molar-refractivity contribution is 5.79. The second kappa shape index (κ2) is 4.93. The van der Waals surface area contributed by atoms with Crippen LogP contribution >= 0.6 is 0 Å². The first-order valence-corrected chi connectivity index (χ1v) is 7.02. The predicted octanol–water partition coefficient (Wildman–Crippen LogP) is 2.49. The second-order valence-electron chi connectivity index (χ2n) is 5.60. The molecule has 1 saturated heterocycles. The molecular weight excluding hydrogens is 240 g/mol. The fourth-order valence-corrected chi connectivity index (χ4v) is 3.04. The van der Waals surface area contributed by atoms with E-state index in [0.717, 1.165) is 30.9 Å². The van der Waals surface area contributed by atoms with Crippen molar-refractivity contribution in [3.05, 3.63) is 18.2 Å². The van der Waals surface area contributed by atoms with E-state index in [9.17, 15) is 0 Å². The first-order valence-electron chi connectivity index (χ1n) is 7.02. The van der Waals surface area contributed by atoms with Gasteiger partial charge in [-0.1, -0.05) is 6.07 Å². The molecule has 1 aromatic rings. The van der Waals surface area contributed by atoms with E-state index in [4.69, 9.17) is 9.47 Å². The van der Waals surface area contributed by atoms with Crippen molar-refractivity contribution in [3.8, 4) is 5.75 Å². The molecule has 0 spiro atoms. The van der Waals surface area contributed by atoms with E-state index in [2.05, 4.69) is 36.2 Å². The lowest BCUT2D eigenvalue weighted by Gasteiger charge is -2.35. The van der Waals surface area contributed by atoms with Crippen LogP contribution in [0, 0.1) is 0 Å². The smallest absolute Gasteiger partial charge is 0.144 e. The molecule has 0 aliphatic carbocycles. The molecule has 4 heteroatoms. The Morgan fingerprint density at radius 2 is 2.21 bits per heavy atom. The van der Waals surface area contributed by atoms with E-state index in [1.165, 1.54) is 5.69 Å². The lowest BCUT2D eigenvalue weighted by molar-refractivity contribution is 0.118. The summed E-state index contributed by atoms with van der Waals surface area (Å²) in [6, 6.07) is 6.81. The van der Waals surface area contributed by atoms with Gasteiger partial charge in [-0.25, -0.2) is 0 Å². The van der Waals surface area contributed by atoms with Gasteiger partial charge in [-0.15, -0.1) is 0 Å². The average molecular weight is 262 g/mol. The van der Waals surface area contributed by atoms with Crippen LogP contribution in [-0.4, -0.2) is 38.4 Å². The SMILES string of the molecule is COC1CC2CNc3c(OC(C)C)cccc3N2C1. The van der Waals surface area contributed by atoms with Gasteiger partial charge in [0.1, 0.15) is 11.4 Å². The maximum absolute atomic E-state index is 5.89. The number of methoxy groups -OCH3 is 1. The number of benzene rings is 1. The Balaban J connectivity index is 1.91. The molecule has 0 saturated carbocycles. The van der Waals surface area contributed by atoms with Crippen molar-refractivity contribution < 1.29 is 9.47 Å². The number of anilines is 2. The van der Waals surface area contributed by atoms with Gasteiger partial charge in [0.15, 0.2) is 0 Å². The van der Waals surface area contributed by atoms with Gasteiger partial charge in [-0.05, 0) is 32.4 Å². The molecule has 104 valence electrons. The van der Waals surface area contributed by atoms with E-state index >= 15 is 0 Å². The number of nitrogens with one attached hydrogen (secondary N) is 1. The third-order valence-corrected chi connectivity index (χ3v) is 3.90.